The van der Waals surface area contributed by atoms with E-state index >= 15 is 0 Å². The van der Waals surface area contributed by atoms with E-state index in [1.165, 1.54) is 7.11 Å². The first-order valence-corrected chi connectivity index (χ1v) is 6.87. The number of methoxy groups -OCH3 is 1. The Hall–Kier alpha value is -2.59. The van der Waals surface area contributed by atoms with E-state index in [9.17, 15) is 9.90 Å². The highest BCUT2D eigenvalue weighted by Crippen LogP contribution is 2.23. The van der Waals surface area contributed by atoms with E-state index in [-0.39, 0.29) is 0 Å². The lowest BCUT2D eigenvalue weighted by molar-refractivity contribution is -0.148. The number of esters is 1. The highest BCUT2D eigenvalue weighted by atomic mass is 16.5. The highest BCUT2D eigenvalue weighted by molar-refractivity contribution is 5.79. The minimum atomic E-state index is -1.26. The molecule has 0 spiro atoms. The second-order valence-corrected chi connectivity index (χ2v) is 4.80. The molecule has 0 aliphatic carbocycles. The summed E-state index contributed by atoms with van der Waals surface area (Å²) < 4.78 is 10.3. The van der Waals surface area contributed by atoms with Crippen molar-refractivity contribution in [2.45, 2.75) is 13.0 Å². The number of aliphatic hydroxyl groups excluding tert-OH is 1. The molecule has 2 aromatic rings. The standard InChI is InChI=1S/C18H18O4/c1-13(17(19)18(20)21-2)11-14-7-6-10-16(12-14)22-15-8-4-3-5-9-15/h3-12,17,19H,1-2H3/b13-11+/t17-/m1/s1. The van der Waals surface area contributed by atoms with Crippen LogP contribution < -0.4 is 4.74 Å². The van der Waals surface area contributed by atoms with Gasteiger partial charge in [0.2, 0.25) is 0 Å². The third kappa shape index (κ3) is 4.20. The molecule has 0 unspecified atom stereocenters. The van der Waals surface area contributed by atoms with Crippen LogP contribution in [0.5, 0.6) is 11.5 Å². The van der Waals surface area contributed by atoms with Gasteiger partial charge in [0.05, 0.1) is 7.11 Å². The quantitative estimate of drug-likeness (QED) is 0.859. The fourth-order valence-electron chi connectivity index (χ4n) is 1.93. The van der Waals surface area contributed by atoms with Gasteiger partial charge in [0.1, 0.15) is 11.5 Å². The van der Waals surface area contributed by atoms with Crippen LogP contribution in [-0.2, 0) is 9.53 Å². The lowest BCUT2D eigenvalue weighted by atomic mass is 10.1. The van der Waals surface area contributed by atoms with Crippen LogP contribution in [0.1, 0.15) is 12.5 Å². The van der Waals surface area contributed by atoms with E-state index in [2.05, 4.69) is 4.74 Å². The molecule has 1 atom stereocenters. The Bertz CT molecular complexity index is 662. The van der Waals surface area contributed by atoms with Gasteiger partial charge in [0.25, 0.3) is 0 Å². The largest absolute Gasteiger partial charge is 0.467 e. The molecule has 0 heterocycles. The summed E-state index contributed by atoms with van der Waals surface area (Å²) in [6.07, 6.45) is 0.461. The highest BCUT2D eigenvalue weighted by Gasteiger charge is 2.16. The van der Waals surface area contributed by atoms with Crippen molar-refractivity contribution in [1.29, 1.82) is 0 Å². The fourth-order valence-corrected chi connectivity index (χ4v) is 1.93. The van der Waals surface area contributed by atoms with Gasteiger partial charge in [-0.15, -0.1) is 0 Å². The zero-order chi connectivity index (χ0) is 15.9. The Morgan fingerprint density at radius 2 is 1.77 bits per heavy atom. The smallest absolute Gasteiger partial charge is 0.339 e. The van der Waals surface area contributed by atoms with Crippen molar-refractivity contribution < 1.29 is 19.4 Å². The van der Waals surface area contributed by atoms with Crippen LogP contribution in [0.15, 0.2) is 60.2 Å². The van der Waals surface area contributed by atoms with Crippen LogP contribution in [0.4, 0.5) is 0 Å². The van der Waals surface area contributed by atoms with E-state index < -0.39 is 12.1 Å². The van der Waals surface area contributed by atoms with Gasteiger partial charge in [0, 0.05) is 0 Å². The number of aliphatic hydroxyl groups is 1. The third-order valence-corrected chi connectivity index (χ3v) is 3.09. The van der Waals surface area contributed by atoms with Crippen molar-refractivity contribution in [3.05, 3.63) is 65.7 Å². The van der Waals surface area contributed by atoms with Crippen LogP contribution in [0.3, 0.4) is 0 Å². The number of carbonyl (C=O) groups excluding carboxylic acids is 1. The fraction of sp³-hybridized carbons (Fsp3) is 0.167. The molecule has 22 heavy (non-hydrogen) atoms. The molecule has 114 valence electrons. The molecule has 0 saturated heterocycles. The number of carbonyl (C=O) groups is 1. The monoisotopic (exact) mass is 298 g/mol. The SMILES string of the molecule is COC(=O)[C@H](O)/C(C)=C/c1cccc(Oc2ccccc2)c1. The molecule has 1 N–H and O–H groups in total. The Morgan fingerprint density at radius 1 is 1.09 bits per heavy atom. The van der Waals surface area contributed by atoms with Crippen molar-refractivity contribution in [3.63, 3.8) is 0 Å². The number of ether oxygens (including phenoxy) is 2. The van der Waals surface area contributed by atoms with Gasteiger partial charge in [-0.1, -0.05) is 36.4 Å². The Labute approximate surface area is 129 Å². The molecule has 0 fully saturated rings. The summed E-state index contributed by atoms with van der Waals surface area (Å²) in [4.78, 5) is 11.3. The molecule has 2 rings (SSSR count). The summed E-state index contributed by atoms with van der Waals surface area (Å²) in [6.45, 7) is 1.67. The average Bonchev–Trinajstić information content (AvgIpc) is 2.54. The van der Waals surface area contributed by atoms with Crippen molar-refractivity contribution >= 4 is 12.0 Å². The van der Waals surface area contributed by atoms with Crippen LogP contribution in [-0.4, -0.2) is 24.3 Å². The van der Waals surface area contributed by atoms with Gasteiger partial charge in [-0.3, -0.25) is 0 Å². The molecular formula is C18H18O4. The maximum atomic E-state index is 11.3. The van der Waals surface area contributed by atoms with Gasteiger partial charge in [-0.25, -0.2) is 4.79 Å². The van der Waals surface area contributed by atoms with E-state index in [1.54, 1.807) is 13.0 Å². The normalized spacial score (nSPS) is 12.6. The van der Waals surface area contributed by atoms with Gasteiger partial charge < -0.3 is 14.6 Å². The summed E-state index contributed by atoms with van der Waals surface area (Å²) in [5.41, 5.74) is 1.33. The van der Waals surface area contributed by atoms with Gasteiger partial charge in [-0.2, -0.15) is 0 Å². The maximum absolute atomic E-state index is 11.3. The van der Waals surface area contributed by atoms with Crippen LogP contribution >= 0.6 is 0 Å². The predicted octanol–water partition coefficient (Wildman–Crippen LogP) is 3.42. The number of benzene rings is 2. The van der Waals surface area contributed by atoms with Crippen LogP contribution in [0, 0.1) is 0 Å². The lowest BCUT2D eigenvalue weighted by Gasteiger charge is -2.09. The summed E-state index contributed by atoms with van der Waals surface area (Å²) in [5, 5.41) is 9.78. The summed E-state index contributed by atoms with van der Waals surface area (Å²) in [6, 6.07) is 16.9. The number of hydrogen-bond acceptors (Lipinski definition) is 4. The zero-order valence-electron chi connectivity index (χ0n) is 12.5. The first-order valence-electron chi connectivity index (χ1n) is 6.87. The van der Waals surface area contributed by atoms with E-state index in [0.29, 0.717) is 11.3 Å². The van der Waals surface area contributed by atoms with Crippen molar-refractivity contribution in [2.75, 3.05) is 7.11 Å². The number of hydrogen-bond donors (Lipinski definition) is 1. The molecule has 4 nitrogen and oxygen atoms in total. The predicted molar refractivity (Wildman–Crippen MR) is 84.6 cm³/mol. The van der Waals surface area contributed by atoms with E-state index in [0.717, 1.165) is 11.3 Å². The van der Waals surface area contributed by atoms with Crippen molar-refractivity contribution in [3.8, 4) is 11.5 Å². The second-order valence-electron chi connectivity index (χ2n) is 4.80. The van der Waals surface area contributed by atoms with Gasteiger partial charge in [0.15, 0.2) is 6.10 Å². The maximum Gasteiger partial charge on any atom is 0.339 e. The van der Waals surface area contributed by atoms with Crippen molar-refractivity contribution in [2.24, 2.45) is 0 Å². The minimum Gasteiger partial charge on any atom is -0.467 e. The first-order chi connectivity index (χ1) is 10.6. The molecule has 4 heteroatoms. The summed E-state index contributed by atoms with van der Waals surface area (Å²) in [7, 11) is 1.24. The number of para-hydroxylation sites is 1. The summed E-state index contributed by atoms with van der Waals surface area (Å²) >= 11 is 0. The second kappa shape index (κ2) is 7.43. The van der Waals surface area contributed by atoms with Crippen molar-refractivity contribution in [1.82, 2.24) is 0 Å². The number of rotatable bonds is 5. The molecule has 0 aliphatic heterocycles. The minimum absolute atomic E-state index is 0.503. The zero-order valence-corrected chi connectivity index (χ0v) is 12.5. The molecular weight excluding hydrogens is 280 g/mol. The first kappa shape index (κ1) is 15.8. The Morgan fingerprint density at radius 3 is 2.45 bits per heavy atom. The molecule has 0 radical (unpaired) electrons. The molecule has 0 amide bonds. The van der Waals surface area contributed by atoms with Crippen LogP contribution in [0.25, 0.3) is 6.08 Å². The van der Waals surface area contributed by atoms with E-state index in [4.69, 9.17) is 4.74 Å². The average molecular weight is 298 g/mol. The Balaban J connectivity index is 2.16. The Kier molecular flexibility index (Phi) is 5.33. The van der Waals surface area contributed by atoms with Gasteiger partial charge >= 0.3 is 5.97 Å². The molecule has 0 aromatic heterocycles. The molecule has 2 aromatic carbocycles. The summed E-state index contributed by atoms with van der Waals surface area (Å²) in [5.74, 6) is 0.751. The third-order valence-electron chi connectivity index (χ3n) is 3.09. The van der Waals surface area contributed by atoms with Gasteiger partial charge in [-0.05, 0) is 42.3 Å². The topological polar surface area (TPSA) is 55.8 Å². The lowest BCUT2D eigenvalue weighted by Crippen LogP contribution is -2.22. The van der Waals surface area contributed by atoms with E-state index in [1.807, 2.05) is 54.6 Å². The molecule has 0 aliphatic rings. The van der Waals surface area contributed by atoms with Crippen LogP contribution in [0.2, 0.25) is 0 Å². The molecule has 0 saturated carbocycles. The molecule has 0 bridgehead atoms.